The number of carbonyl (C=O) groups is 2. The normalized spacial score (nSPS) is 20.5. The Balaban J connectivity index is 1.47. The number of nitrogens with zero attached hydrogens (tertiary/aromatic N) is 2. The second-order valence-electron chi connectivity index (χ2n) is 8.31. The fourth-order valence-corrected chi connectivity index (χ4v) is 3.20. The number of pyridine rings is 1. The molecule has 7 nitrogen and oxygen atoms in total. The first-order chi connectivity index (χ1) is 13.0. The zero-order valence-electron chi connectivity index (χ0n) is 16.0. The minimum atomic E-state index is -0.648. The van der Waals surface area contributed by atoms with Crippen molar-refractivity contribution in [1.29, 1.82) is 0 Å². The first-order valence-electron chi connectivity index (χ1n) is 9.70. The molecule has 7 heteroatoms. The maximum absolute atomic E-state index is 12.8. The Hall–Kier alpha value is -2.15. The molecule has 0 aromatic carbocycles. The Bertz CT molecular complexity index is 737. The standard InChI is InChI=1S/C20H27N3O4/c1-23(2)17(24)9-20(11-26-12-20)22-18(25)16-8-7-15(14-5-6-14)19(21-16)27-10-13-3-4-13/h7-8,13-14H,3-6,9-12H2,1-2H3,(H,22,25). The Morgan fingerprint density at radius 1 is 1.26 bits per heavy atom. The molecule has 2 amide bonds. The molecule has 1 N–H and O–H groups in total. The second kappa shape index (κ2) is 7.11. The van der Waals surface area contributed by atoms with Gasteiger partial charge in [-0.1, -0.05) is 6.07 Å². The van der Waals surface area contributed by atoms with Crippen LogP contribution in [0.1, 0.15) is 54.1 Å². The first-order valence-corrected chi connectivity index (χ1v) is 9.70. The molecule has 146 valence electrons. The van der Waals surface area contributed by atoms with Crippen molar-refractivity contribution in [2.45, 2.75) is 43.6 Å². The van der Waals surface area contributed by atoms with Gasteiger partial charge in [-0.2, -0.15) is 0 Å². The van der Waals surface area contributed by atoms with Crippen molar-refractivity contribution in [3.05, 3.63) is 23.4 Å². The highest BCUT2D eigenvalue weighted by Gasteiger charge is 2.43. The summed E-state index contributed by atoms with van der Waals surface area (Å²) in [5.41, 5.74) is 0.787. The van der Waals surface area contributed by atoms with Crippen molar-refractivity contribution in [1.82, 2.24) is 15.2 Å². The van der Waals surface area contributed by atoms with Crippen LogP contribution in [0.25, 0.3) is 0 Å². The molecule has 0 bridgehead atoms. The SMILES string of the molecule is CN(C)C(=O)CC1(NC(=O)c2ccc(C3CC3)c(OCC3CC3)n2)COC1. The molecular formula is C20H27N3O4. The third kappa shape index (κ3) is 4.24. The lowest BCUT2D eigenvalue weighted by Gasteiger charge is -2.41. The van der Waals surface area contributed by atoms with E-state index in [9.17, 15) is 9.59 Å². The molecular weight excluding hydrogens is 346 g/mol. The van der Waals surface area contributed by atoms with Gasteiger partial charge in [0.15, 0.2) is 0 Å². The number of carbonyl (C=O) groups excluding carboxylic acids is 2. The molecule has 2 heterocycles. The molecule has 4 rings (SSSR count). The largest absolute Gasteiger partial charge is 0.477 e. The van der Waals surface area contributed by atoms with Crippen molar-refractivity contribution in [3.8, 4) is 5.88 Å². The lowest BCUT2D eigenvalue weighted by molar-refractivity contribution is -0.137. The van der Waals surface area contributed by atoms with Crippen LogP contribution in [0.3, 0.4) is 0 Å². The van der Waals surface area contributed by atoms with Gasteiger partial charge in [0.1, 0.15) is 5.69 Å². The average Bonchev–Trinajstić information content (AvgIpc) is 3.51. The molecule has 3 aliphatic rings. The monoisotopic (exact) mass is 373 g/mol. The summed E-state index contributed by atoms with van der Waals surface area (Å²) in [6.07, 6.45) is 4.94. The zero-order valence-corrected chi connectivity index (χ0v) is 16.0. The molecule has 1 saturated heterocycles. The van der Waals surface area contributed by atoms with Crippen molar-refractivity contribution in [3.63, 3.8) is 0 Å². The van der Waals surface area contributed by atoms with Crippen LogP contribution in [-0.2, 0) is 9.53 Å². The van der Waals surface area contributed by atoms with Crippen LogP contribution in [0.4, 0.5) is 0 Å². The molecule has 1 aromatic heterocycles. The van der Waals surface area contributed by atoms with E-state index in [0.29, 0.717) is 43.2 Å². The Morgan fingerprint density at radius 2 is 2.00 bits per heavy atom. The van der Waals surface area contributed by atoms with Gasteiger partial charge in [0, 0.05) is 19.7 Å². The van der Waals surface area contributed by atoms with Crippen LogP contribution in [0.2, 0.25) is 0 Å². The molecule has 0 spiro atoms. The van der Waals surface area contributed by atoms with Crippen LogP contribution >= 0.6 is 0 Å². The summed E-state index contributed by atoms with van der Waals surface area (Å²) in [6, 6.07) is 3.73. The van der Waals surface area contributed by atoms with Crippen LogP contribution in [-0.4, -0.2) is 61.2 Å². The molecule has 0 radical (unpaired) electrons. The number of hydrogen-bond acceptors (Lipinski definition) is 5. The Kier molecular flexibility index (Phi) is 4.80. The Morgan fingerprint density at radius 3 is 2.56 bits per heavy atom. The van der Waals surface area contributed by atoms with Gasteiger partial charge in [-0.05, 0) is 43.6 Å². The smallest absolute Gasteiger partial charge is 0.270 e. The first kappa shape index (κ1) is 18.2. The van der Waals surface area contributed by atoms with Crippen LogP contribution in [0.5, 0.6) is 5.88 Å². The van der Waals surface area contributed by atoms with Crippen molar-refractivity contribution >= 4 is 11.8 Å². The molecule has 1 aliphatic heterocycles. The van der Waals surface area contributed by atoms with Gasteiger partial charge < -0.3 is 19.7 Å². The van der Waals surface area contributed by atoms with E-state index in [2.05, 4.69) is 10.3 Å². The van der Waals surface area contributed by atoms with Gasteiger partial charge in [0.2, 0.25) is 11.8 Å². The van der Waals surface area contributed by atoms with E-state index in [1.54, 1.807) is 20.2 Å². The summed E-state index contributed by atoms with van der Waals surface area (Å²) in [5, 5.41) is 2.97. The maximum atomic E-state index is 12.8. The molecule has 0 unspecified atom stereocenters. The fourth-order valence-electron chi connectivity index (χ4n) is 3.20. The van der Waals surface area contributed by atoms with E-state index < -0.39 is 5.54 Å². The third-order valence-electron chi connectivity index (χ3n) is 5.42. The number of nitrogens with one attached hydrogen (secondary N) is 1. The van der Waals surface area contributed by atoms with E-state index in [0.717, 1.165) is 18.4 Å². The molecule has 0 atom stereocenters. The van der Waals surface area contributed by atoms with E-state index in [1.807, 2.05) is 6.07 Å². The Labute approximate surface area is 159 Å². The fraction of sp³-hybridized carbons (Fsp3) is 0.650. The lowest BCUT2D eigenvalue weighted by atomic mass is 9.92. The summed E-state index contributed by atoms with van der Waals surface area (Å²) in [6.45, 7) is 1.35. The van der Waals surface area contributed by atoms with Gasteiger partial charge >= 0.3 is 0 Å². The minimum Gasteiger partial charge on any atom is -0.477 e. The highest BCUT2D eigenvalue weighted by molar-refractivity contribution is 5.93. The number of rotatable bonds is 8. The molecule has 1 aromatic rings. The van der Waals surface area contributed by atoms with Crippen molar-refractivity contribution < 1.29 is 19.1 Å². The van der Waals surface area contributed by atoms with Gasteiger partial charge in [0.25, 0.3) is 5.91 Å². The topological polar surface area (TPSA) is 80.8 Å². The van der Waals surface area contributed by atoms with E-state index >= 15 is 0 Å². The molecule has 2 saturated carbocycles. The van der Waals surface area contributed by atoms with E-state index in [1.165, 1.54) is 17.7 Å². The highest BCUT2D eigenvalue weighted by atomic mass is 16.5. The molecule has 27 heavy (non-hydrogen) atoms. The number of aromatic nitrogens is 1. The van der Waals surface area contributed by atoms with Crippen LogP contribution < -0.4 is 10.1 Å². The van der Waals surface area contributed by atoms with Gasteiger partial charge in [-0.15, -0.1) is 0 Å². The van der Waals surface area contributed by atoms with Crippen LogP contribution in [0.15, 0.2) is 12.1 Å². The van der Waals surface area contributed by atoms with E-state index in [4.69, 9.17) is 9.47 Å². The van der Waals surface area contributed by atoms with Gasteiger partial charge in [-0.25, -0.2) is 4.98 Å². The summed E-state index contributed by atoms with van der Waals surface area (Å²) in [4.78, 5) is 30.9. The predicted octanol–water partition coefficient (Wildman–Crippen LogP) is 1.72. The summed E-state index contributed by atoms with van der Waals surface area (Å²) >= 11 is 0. The van der Waals surface area contributed by atoms with Crippen molar-refractivity contribution in [2.24, 2.45) is 5.92 Å². The predicted molar refractivity (Wildman–Crippen MR) is 98.8 cm³/mol. The summed E-state index contributed by atoms with van der Waals surface area (Å²) < 4.78 is 11.2. The number of ether oxygens (including phenoxy) is 2. The van der Waals surface area contributed by atoms with E-state index in [-0.39, 0.29) is 18.2 Å². The average molecular weight is 373 g/mol. The lowest BCUT2D eigenvalue weighted by Crippen LogP contribution is -2.63. The van der Waals surface area contributed by atoms with Gasteiger partial charge in [-0.3, -0.25) is 9.59 Å². The third-order valence-corrected chi connectivity index (χ3v) is 5.42. The molecule has 2 aliphatic carbocycles. The number of hydrogen-bond donors (Lipinski definition) is 1. The minimum absolute atomic E-state index is 0.0379. The zero-order chi connectivity index (χ0) is 19.0. The van der Waals surface area contributed by atoms with Crippen molar-refractivity contribution in [2.75, 3.05) is 33.9 Å². The summed E-state index contributed by atoms with van der Waals surface area (Å²) in [5.74, 6) is 1.41. The number of amides is 2. The quantitative estimate of drug-likeness (QED) is 0.751. The second-order valence-corrected chi connectivity index (χ2v) is 8.31. The summed E-state index contributed by atoms with van der Waals surface area (Å²) in [7, 11) is 3.41. The highest BCUT2D eigenvalue weighted by Crippen LogP contribution is 2.44. The van der Waals surface area contributed by atoms with Gasteiger partial charge in [0.05, 0.1) is 31.8 Å². The maximum Gasteiger partial charge on any atom is 0.270 e. The molecule has 3 fully saturated rings. The van der Waals surface area contributed by atoms with Crippen LogP contribution in [0, 0.1) is 5.92 Å².